The molecule has 5 rings (SSSR count). The van der Waals surface area contributed by atoms with Gasteiger partial charge < -0.3 is 14.5 Å². The van der Waals surface area contributed by atoms with E-state index in [1.807, 2.05) is 12.1 Å². The molecule has 2 fully saturated rings. The topological polar surface area (TPSA) is 48.9 Å². The molecule has 3 aromatic rings. The van der Waals surface area contributed by atoms with Crippen molar-refractivity contribution in [3.63, 3.8) is 0 Å². The van der Waals surface area contributed by atoms with Crippen molar-refractivity contribution in [2.45, 2.75) is 6.42 Å². The molecule has 7 heteroatoms. The molecule has 0 spiro atoms. The highest BCUT2D eigenvalue weighted by molar-refractivity contribution is 7.22. The lowest BCUT2D eigenvalue weighted by atomic mass is 9.99. The maximum atomic E-state index is 12.9. The standard InChI is InChI=1S/C24H28N4O2S/c1-30-20-7-8-22-21(15-20)25-24(31-22)28-16-19(17-28)23(29)27-13-11-26(12-14-27)10-9-18-5-3-2-4-6-18/h2-8,15,19H,9-14,16-17H2,1H3. The van der Waals surface area contributed by atoms with Crippen molar-refractivity contribution < 1.29 is 9.53 Å². The molecule has 1 amide bonds. The van der Waals surface area contributed by atoms with Crippen LogP contribution in [0.15, 0.2) is 48.5 Å². The third-order valence-corrected chi connectivity index (χ3v) is 7.43. The molecule has 1 aromatic heterocycles. The van der Waals surface area contributed by atoms with Gasteiger partial charge in [0.25, 0.3) is 0 Å². The molecule has 0 radical (unpaired) electrons. The Morgan fingerprint density at radius 2 is 1.87 bits per heavy atom. The van der Waals surface area contributed by atoms with Gasteiger partial charge in [0.05, 0.1) is 23.2 Å². The third-order valence-electron chi connectivity index (χ3n) is 6.33. The lowest BCUT2D eigenvalue weighted by Gasteiger charge is -2.42. The van der Waals surface area contributed by atoms with Gasteiger partial charge in [-0.2, -0.15) is 0 Å². The van der Waals surface area contributed by atoms with Gasteiger partial charge >= 0.3 is 0 Å². The number of carbonyl (C=O) groups excluding carboxylic acids is 1. The Kier molecular flexibility index (Phi) is 5.78. The number of aromatic nitrogens is 1. The first kappa shape index (κ1) is 20.3. The Balaban J connectivity index is 1.09. The van der Waals surface area contributed by atoms with Crippen molar-refractivity contribution in [2.24, 2.45) is 5.92 Å². The van der Waals surface area contributed by atoms with Gasteiger partial charge in [-0.25, -0.2) is 4.98 Å². The average molecular weight is 437 g/mol. The van der Waals surface area contributed by atoms with Crippen LogP contribution in [-0.4, -0.2) is 73.6 Å². The van der Waals surface area contributed by atoms with E-state index < -0.39 is 0 Å². The second kappa shape index (κ2) is 8.85. The van der Waals surface area contributed by atoms with Gasteiger partial charge in [0.15, 0.2) is 5.13 Å². The summed E-state index contributed by atoms with van der Waals surface area (Å²) in [4.78, 5) is 24.4. The second-order valence-electron chi connectivity index (χ2n) is 8.33. The molecule has 3 heterocycles. The number of ether oxygens (including phenoxy) is 1. The first-order valence-electron chi connectivity index (χ1n) is 10.9. The zero-order valence-electron chi connectivity index (χ0n) is 17.9. The fourth-order valence-electron chi connectivity index (χ4n) is 4.33. The van der Waals surface area contributed by atoms with Crippen LogP contribution in [0, 0.1) is 5.92 Å². The Hall–Kier alpha value is -2.64. The molecule has 2 aliphatic heterocycles. The lowest BCUT2D eigenvalue weighted by Crippen LogP contribution is -2.58. The van der Waals surface area contributed by atoms with Crippen LogP contribution in [0.4, 0.5) is 5.13 Å². The number of carbonyl (C=O) groups is 1. The van der Waals surface area contributed by atoms with Crippen LogP contribution in [0.25, 0.3) is 10.2 Å². The van der Waals surface area contributed by atoms with Gasteiger partial charge in [-0.1, -0.05) is 41.7 Å². The molecule has 2 aromatic carbocycles. The largest absolute Gasteiger partial charge is 0.497 e. The van der Waals surface area contributed by atoms with Crippen LogP contribution in [-0.2, 0) is 11.2 Å². The van der Waals surface area contributed by atoms with Crippen LogP contribution in [0.1, 0.15) is 5.56 Å². The van der Waals surface area contributed by atoms with E-state index in [0.717, 1.165) is 73.3 Å². The Morgan fingerprint density at radius 1 is 1.10 bits per heavy atom. The summed E-state index contributed by atoms with van der Waals surface area (Å²) in [5.41, 5.74) is 2.34. The highest BCUT2D eigenvalue weighted by Crippen LogP contribution is 2.34. The molecule has 6 nitrogen and oxygen atoms in total. The number of anilines is 1. The summed E-state index contributed by atoms with van der Waals surface area (Å²) < 4.78 is 6.44. The number of hydrogen-bond donors (Lipinski definition) is 0. The minimum Gasteiger partial charge on any atom is -0.497 e. The number of methoxy groups -OCH3 is 1. The number of piperazine rings is 1. The number of thiazole rings is 1. The highest BCUT2D eigenvalue weighted by Gasteiger charge is 2.37. The molecule has 0 aliphatic carbocycles. The second-order valence-corrected chi connectivity index (χ2v) is 9.34. The van der Waals surface area contributed by atoms with Gasteiger partial charge in [-0.15, -0.1) is 0 Å². The summed E-state index contributed by atoms with van der Waals surface area (Å²) in [6.07, 6.45) is 1.07. The van der Waals surface area contributed by atoms with E-state index in [1.54, 1.807) is 18.4 Å². The summed E-state index contributed by atoms with van der Waals surface area (Å²) >= 11 is 1.68. The highest BCUT2D eigenvalue weighted by atomic mass is 32.1. The number of hydrogen-bond acceptors (Lipinski definition) is 6. The van der Waals surface area contributed by atoms with Crippen molar-refractivity contribution in [3.05, 3.63) is 54.1 Å². The molecule has 31 heavy (non-hydrogen) atoms. The van der Waals surface area contributed by atoms with Gasteiger partial charge in [0.1, 0.15) is 5.75 Å². The number of fused-ring (bicyclic) bond motifs is 1. The van der Waals surface area contributed by atoms with Crippen molar-refractivity contribution in [2.75, 3.05) is 57.8 Å². The summed E-state index contributed by atoms with van der Waals surface area (Å²) in [7, 11) is 1.67. The van der Waals surface area contributed by atoms with E-state index in [1.165, 1.54) is 5.56 Å². The quantitative estimate of drug-likeness (QED) is 0.594. The fourth-order valence-corrected chi connectivity index (χ4v) is 5.29. The van der Waals surface area contributed by atoms with Crippen LogP contribution in [0.5, 0.6) is 5.75 Å². The average Bonchev–Trinajstić information content (AvgIpc) is 3.20. The normalized spacial score (nSPS) is 17.7. The predicted molar refractivity (Wildman–Crippen MR) is 125 cm³/mol. The first-order chi connectivity index (χ1) is 15.2. The van der Waals surface area contributed by atoms with Gasteiger partial charge in [-0.05, 0) is 24.1 Å². The van der Waals surface area contributed by atoms with Crippen LogP contribution in [0.3, 0.4) is 0 Å². The maximum absolute atomic E-state index is 12.9. The number of amides is 1. The van der Waals surface area contributed by atoms with Crippen LogP contribution >= 0.6 is 11.3 Å². The molecule has 0 N–H and O–H groups in total. The molecular weight excluding hydrogens is 408 g/mol. The zero-order valence-corrected chi connectivity index (χ0v) is 18.7. The van der Waals surface area contributed by atoms with Crippen molar-refractivity contribution >= 4 is 32.6 Å². The predicted octanol–water partition coefficient (Wildman–Crippen LogP) is 3.13. The first-order valence-corrected chi connectivity index (χ1v) is 11.8. The van der Waals surface area contributed by atoms with E-state index in [2.05, 4.69) is 51.1 Å². The maximum Gasteiger partial charge on any atom is 0.229 e. The summed E-state index contributed by atoms with van der Waals surface area (Å²) in [5, 5.41) is 0.998. The molecule has 2 aliphatic rings. The van der Waals surface area contributed by atoms with E-state index in [-0.39, 0.29) is 5.92 Å². The molecule has 0 saturated carbocycles. The number of nitrogens with zero attached hydrogens (tertiary/aromatic N) is 4. The minimum atomic E-state index is 0.0948. The van der Waals surface area contributed by atoms with Crippen LogP contribution < -0.4 is 9.64 Å². The fraction of sp³-hybridized carbons (Fsp3) is 0.417. The van der Waals surface area contributed by atoms with E-state index in [0.29, 0.717) is 5.91 Å². The van der Waals surface area contributed by atoms with Crippen molar-refractivity contribution in [1.82, 2.24) is 14.8 Å². The van der Waals surface area contributed by atoms with E-state index in [9.17, 15) is 4.79 Å². The summed E-state index contributed by atoms with van der Waals surface area (Å²) in [6.45, 7) is 6.21. The molecular formula is C24H28N4O2S. The van der Waals surface area contributed by atoms with Gasteiger partial charge in [-0.3, -0.25) is 9.69 Å². The Bertz CT molecular complexity index is 1040. The summed E-state index contributed by atoms with van der Waals surface area (Å²) in [6, 6.07) is 16.6. The van der Waals surface area contributed by atoms with Gasteiger partial charge in [0.2, 0.25) is 5.91 Å². The number of rotatable bonds is 6. The third kappa shape index (κ3) is 4.38. The molecule has 0 bridgehead atoms. The molecule has 2 saturated heterocycles. The molecule has 0 atom stereocenters. The van der Waals surface area contributed by atoms with E-state index >= 15 is 0 Å². The Labute approximate surface area is 187 Å². The van der Waals surface area contributed by atoms with Crippen molar-refractivity contribution in [1.29, 1.82) is 0 Å². The monoisotopic (exact) mass is 436 g/mol. The van der Waals surface area contributed by atoms with Gasteiger partial charge in [0, 0.05) is 51.9 Å². The van der Waals surface area contributed by atoms with E-state index in [4.69, 9.17) is 9.72 Å². The van der Waals surface area contributed by atoms with Crippen molar-refractivity contribution in [3.8, 4) is 5.75 Å². The Morgan fingerprint density at radius 3 is 2.61 bits per heavy atom. The number of benzene rings is 2. The zero-order chi connectivity index (χ0) is 21.2. The molecule has 0 unspecified atom stereocenters. The molecule has 162 valence electrons. The lowest BCUT2D eigenvalue weighted by molar-refractivity contribution is -0.138. The smallest absolute Gasteiger partial charge is 0.229 e. The van der Waals surface area contributed by atoms with Crippen LogP contribution in [0.2, 0.25) is 0 Å². The minimum absolute atomic E-state index is 0.0948. The summed E-state index contributed by atoms with van der Waals surface area (Å²) in [5.74, 6) is 1.23. The SMILES string of the molecule is COc1ccc2sc(N3CC(C(=O)N4CCN(CCc5ccccc5)CC4)C3)nc2c1.